The molecule has 0 amide bonds. The minimum Gasteiger partial charge on any atom is -0.480 e. The van der Waals surface area contributed by atoms with Crippen molar-refractivity contribution in [2.24, 2.45) is 5.73 Å². The van der Waals surface area contributed by atoms with Crippen LogP contribution in [-0.2, 0) is 37.5 Å². The summed E-state index contributed by atoms with van der Waals surface area (Å²) in [6, 6.07) is -1.53. The molecule has 0 aliphatic heterocycles. The van der Waals surface area contributed by atoms with Crippen molar-refractivity contribution in [3.8, 4) is 0 Å². The van der Waals surface area contributed by atoms with Gasteiger partial charge in [-0.1, -0.05) is 179 Å². The molecule has 0 aromatic carbocycles. The predicted octanol–water partition coefficient (Wildman–Crippen LogP) is 12.4. The van der Waals surface area contributed by atoms with Crippen LogP contribution in [0.4, 0.5) is 0 Å². The normalized spacial score (nSPS) is 14.0. The van der Waals surface area contributed by atoms with Gasteiger partial charge in [0.05, 0.1) is 13.2 Å². The second-order valence-corrected chi connectivity index (χ2v) is 17.0. The fourth-order valence-electron chi connectivity index (χ4n) is 6.25. The summed E-state index contributed by atoms with van der Waals surface area (Å²) in [5.74, 6) is -2.42. The Hall–Kier alpha value is -2.30. The Morgan fingerprint density at radius 2 is 0.914 bits per heavy atom. The Balaban J connectivity index is 4.35. The first-order valence-electron chi connectivity index (χ1n) is 23.0. The van der Waals surface area contributed by atoms with Gasteiger partial charge in [-0.3, -0.25) is 23.4 Å². The van der Waals surface area contributed by atoms with Crippen LogP contribution in [0.2, 0.25) is 0 Å². The van der Waals surface area contributed by atoms with Crippen molar-refractivity contribution in [3.05, 3.63) is 36.5 Å². The molecule has 0 heterocycles. The molecule has 4 N–H and O–H groups in total. The second-order valence-electron chi connectivity index (χ2n) is 15.5. The van der Waals surface area contributed by atoms with Gasteiger partial charge in [0.1, 0.15) is 12.6 Å². The summed E-state index contributed by atoms with van der Waals surface area (Å²) >= 11 is 0. The van der Waals surface area contributed by atoms with Crippen LogP contribution in [0, 0.1) is 0 Å². The molecule has 1 unspecified atom stereocenters. The molecule has 338 valence electrons. The van der Waals surface area contributed by atoms with Gasteiger partial charge in [0.2, 0.25) is 0 Å². The van der Waals surface area contributed by atoms with Gasteiger partial charge in [-0.15, -0.1) is 0 Å². The lowest BCUT2D eigenvalue weighted by Crippen LogP contribution is -2.34. The highest BCUT2D eigenvalue weighted by molar-refractivity contribution is 7.47. The summed E-state index contributed by atoms with van der Waals surface area (Å²) in [7, 11) is -4.72. The Bertz CT molecular complexity index is 1130. The number of nitrogens with two attached hydrogens (primary N) is 1. The van der Waals surface area contributed by atoms with E-state index in [9.17, 15) is 23.8 Å². The number of carbonyl (C=O) groups is 3. The number of rotatable bonds is 43. The van der Waals surface area contributed by atoms with E-state index >= 15 is 0 Å². The minimum atomic E-state index is -4.72. The number of esters is 2. The van der Waals surface area contributed by atoms with Crippen LogP contribution in [0.25, 0.3) is 0 Å². The number of carboxylic acid groups (broad SMARTS) is 1. The van der Waals surface area contributed by atoms with Crippen molar-refractivity contribution in [1.82, 2.24) is 0 Å². The molecule has 0 aromatic rings. The summed E-state index contributed by atoms with van der Waals surface area (Å²) in [4.78, 5) is 46.0. The van der Waals surface area contributed by atoms with Crippen LogP contribution < -0.4 is 5.73 Å². The van der Waals surface area contributed by atoms with Gasteiger partial charge in [0.25, 0.3) is 0 Å². The predicted molar refractivity (Wildman–Crippen MR) is 235 cm³/mol. The van der Waals surface area contributed by atoms with E-state index in [1.165, 1.54) is 116 Å². The zero-order chi connectivity index (χ0) is 42.8. The van der Waals surface area contributed by atoms with Crippen molar-refractivity contribution < 1.29 is 47.5 Å². The lowest BCUT2D eigenvalue weighted by Gasteiger charge is -2.20. The highest BCUT2D eigenvalue weighted by Crippen LogP contribution is 2.43. The van der Waals surface area contributed by atoms with Crippen molar-refractivity contribution in [3.63, 3.8) is 0 Å². The highest BCUT2D eigenvalue weighted by Gasteiger charge is 2.28. The summed E-state index contributed by atoms with van der Waals surface area (Å²) in [5, 5.41) is 8.89. The molecule has 0 aromatic heterocycles. The van der Waals surface area contributed by atoms with E-state index in [4.69, 9.17) is 24.8 Å². The first-order valence-corrected chi connectivity index (χ1v) is 24.5. The summed E-state index contributed by atoms with van der Waals surface area (Å²) in [6.07, 6.45) is 45.0. The molecule has 0 radical (unpaired) electrons. The van der Waals surface area contributed by atoms with Gasteiger partial charge in [-0.2, -0.15) is 0 Å². The molecule has 0 rings (SSSR count). The summed E-state index contributed by atoms with van der Waals surface area (Å²) in [6.45, 7) is 2.76. The maximum Gasteiger partial charge on any atom is 0.472 e. The van der Waals surface area contributed by atoms with Gasteiger partial charge in [0.15, 0.2) is 6.10 Å². The van der Waals surface area contributed by atoms with Crippen LogP contribution in [0.5, 0.6) is 0 Å². The van der Waals surface area contributed by atoms with Crippen molar-refractivity contribution >= 4 is 25.7 Å². The van der Waals surface area contributed by atoms with Gasteiger partial charge in [0, 0.05) is 12.8 Å². The molecule has 0 bridgehead atoms. The van der Waals surface area contributed by atoms with Crippen LogP contribution in [0.3, 0.4) is 0 Å². The second kappa shape index (κ2) is 41.4. The number of carboxylic acids is 1. The first-order chi connectivity index (χ1) is 28.1. The van der Waals surface area contributed by atoms with Crippen molar-refractivity contribution in [2.75, 3.05) is 19.8 Å². The monoisotopic (exact) mass is 842 g/mol. The Kier molecular flexibility index (Phi) is 39.8. The molecule has 12 heteroatoms. The lowest BCUT2D eigenvalue weighted by atomic mass is 10.0. The van der Waals surface area contributed by atoms with E-state index in [2.05, 4.69) is 54.8 Å². The molecular formula is C46H84NO10P. The van der Waals surface area contributed by atoms with Gasteiger partial charge >= 0.3 is 25.7 Å². The van der Waals surface area contributed by atoms with Gasteiger partial charge in [-0.05, 0) is 51.4 Å². The molecule has 0 aliphatic rings. The number of unbranched alkanes of at least 4 members (excludes halogenated alkanes) is 23. The molecule has 0 saturated heterocycles. The number of ether oxygens (including phenoxy) is 2. The minimum absolute atomic E-state index is 0.156. The average molecular weight is 842 g/mol. The smallest absolute Gasteiger partial charge is 0.472 e. The highest BCUT2D eigenvalue weighted by atomic mass is 31.2. The standard InChI is InChI=1S/C46H84NO10P/c1-3-5-7-9-11-13-15-17-19-20-21-22-24-26-28-30-32-34-36-38-45(49)57-42(40-55-58(52,53)56-41-43(47)46(50)51)39-54-44(48)37-35-33-31-29-27-25-23-18-16-14-12-10-8-6-4-2/h12,14,18,23,27,29,42-43H,3-11,13,15-17,19-22,24-26,28,30-41,47H2,1-2H3,(H,50,51)(H,52,53)/b14-12+,23-18+,29-27+/t42-,43+/m1/s1. The number of carbonyl (C=O) groups excluding carboxylic acids is 2. The van der Waals surface area contributed by atoms with E-state index in [1.807, 2.05) is 0 Å². The molecular weight excluding hydrogens is 757 g/mol. The molecule has 0 spiro atoms. The maximum absolute atomic E-state index is 12.6. The molecule has 0 aliphatic carbocycles. The van der Waals surface area contributed by atoms with E-state index < -0.39 is 51.1 Å². The zero-order valence-electron chi connectivity index (χ0n) is 36.6. The number of aliphatic carboxylic acids is 1. The molecule has 0 fully saturated rings. The molecule has 11 nitrogen and oxygen atoms in total. The average Bonchev–Trinajstić information content (AvgIpc) is 3.20. The van der Waals surface area contributed by atoms with E-state index in [0.29, 0.717) is 12.8 Å². The van der Waals surface area contributed by atoms with E-state index in [0.717, 1.165) is 51.4 Å². The third kappa shape index (κ3) is 40.5. The fraction of sp³-hybridized carbons (Fsp3) is 0.804. The number of allylic oxidation sites excluding steroid dienone is 6. The summed E-state index contributed by atoms with van der Waals surface area (Å²) < 4.78 is 32.7. The topological polar surface area (TPSA) is 172 Å². The van der Waals surface area contributed by atoms with Crippen molar-refractivity contribution in [1.29, 1.82) is 0 Å². The molecule has 0 saturated carbocycles. The zero-order valence-corrected chi connectivity index (χ0v) is 37.5. The molecule has 3 atom stereocenters. The maximum atomic E-state index is 12.6. The number of phosphoric acid groups is 1. The van der Waals surface area contributed by atoms with Gasteiger partial charge in [-0.25, -0.2) is 4.57 Å². The van der Waals surface area contributed by atoms with Crippen LogP contribution >= 0.6 is 7.82 Å². The number of phosphoric ester groups is 1. The first kappa shape index (κ1) is 55.7. The van der Waals surface area contributed by atoms with E-state index in [1.54, 1.807) is 0 Å². The molecule has 58 heavy (non-hydrogen) atoms. The van der Waals surface area contributed by atoms with Crippen molar-refractivity contribution in [2.45, 2.75) is 219 Å². The van der Waals surface area contributed by atoms with Crippen LogP contribution in [0.15, 0.2) is 36.5 Å². The summed E-state index contributed by atoms with van der Waals surface area (Å²) in [5.41, 5.74) is 5.34. The van der Waals surface area contributed by atoms with E-state index in [-0.39, 0.29) is 19.4 Å². The van der Waals surface area contributed by atoms with Gasteiger partial charge < -0.3 is 25.2 Å². The Morgan fingerprint density at radius 3 is 1.40 bits per heavy atom. The lowest BCUT2D eigenvalue weighted by molar-refractivity contribution is -0.161. The quantitative estimate of drug-likeness (QED) is 0.0231. The fourth-order valence-corrected chi connectivity index (χ4v) is 7.03. The SMILES string of the molecule is CCCCC/C=C/C/C=C/C/C=C/CCCCC(=O)OC[C@H](COP(=O)(O)OC[C@H](N)C(=O)O)OC(=O)CCCCCCCCCCCCCCCCCCCCC. The Morgan fingerprint density at radius 1 is 0.534 bits per heavy atom. The van der Waals surface area contributed by atoms with Crippen LogP contribution in [-0.4, -0.2) is 59.9 Å². The third-order valence-electron chi connectivity index (χ3n) is 9.89. The number of hydrogen-bond donors (Lipinski definition) is 3. The Labute approximate surface area is 353 Å². The van der Waals surface area contributed by atoms with Crippen LogP contribution in [0.1, 0.15) is 206 Å². The number of hydrogen-bond acceptors (Lipinski definition) is 9. The largest absolute Gasteiger partial charge is 0.480 e. The third-order valence-corrected chi connectivity index (χ3v) is 10.8.